The summed E-state index contributed by atoms with van der Waals surface area (Å²) >= 11 is 1.63. The summed E-state index contributed by atoms with van der Waals surface area (Å²) in [5.74, 6) is 1.44. The van der Waals surface area contributed by atoms with E-state index in [2.05, 4.69) is 20.1 Å². The van der Waals surface area contributed by atoms with Crippen LogP contribution < -0.4 is 5.32 Å². The fraction of sp³-hybridized carbons (Fsp3) is 0.733. The van der Waals surface area contributed by atoms with Gasteiger partial charge in [0, 0.05) is 32.1 Å². The lowest BCUT2D eigenvalue weighted by atomic mass is 9.97. The maximum atomic E-state index is 11.1. The maximum absolute atomic E-state index is 11.1. The maximum Gasteiger partial charge on any atom is 0.306 e. The number of carboxylic acid groups (broad SMARTS) is 1. The van der Waals surface area contributed by atoms with E-state index in [1.807, 2.05) is 7.05 Å². The average Bonchev–Trinajstić information content (AvgIpc) is 3.11. The molecule has 1 unspecified atom stereocenters. The molecule has 0 spiro atoms. The molecule has 1 aromatic heterocycles. The van der Waals surface area contributed by atoms with Crippen molar-refractivity contribution in [1.29, 1.82) is 0 Å². The van der Waals surface area contributed by atoms with Gasteiger partial charge in [0.05, 0.1) is 0 Å². The number of ether oxygens (including phenoxy) is 1. The number of carbonyl (C=O) groups excluding carboxylic acids is 1. The first-order valence-corrected chi connectivity index (χ1v) is 9.07. The molecule has 2 fully saturated rings. The highest BCUT2D eigenvalue weighted by Gasteiger charge is 2.25. The average molecular weight is 356 g/mol. The van der Waals surface area contributed by atoms with Crippen molar-refractivity contribution in [2.45, 2.75) is 49.8 Å². The smallest absolute Gasteiger partial charge is 0.306 e. The number of rotatable bonds is 4. The second-order valence-electron chi connectivity index (χ2n) is 5.90. The number of piperidine rings is 1. The minimum Gasteiger partial charge on any atom is -0.481 e. The quantitative estimate of drug-likeness (QED) is 0.612. The Morgan fingerprint density at radius 1 is 1.38 bits per heavy atom. The van der Waals surface area contributed by atoms with Crippen LogP contribution in [0, 0.1) is 0 Å². The molecule has 0 saturated carbocycles. The number of nitrogens with zero attached hydrogens (tertiary/aromatic N) is 3. The van der Waals surface area contributed by atoms with Crippen molar-refractivity contribution in [3.05, 3.63) is 5.82 Å². The van der Waals surface area contributed by atoms with E-state index in [9.17, 15) is 4.79 Å². The van der Waals surface area contributed by atoms with Gasteiger partial charge < -0.3 is 19.7 Å². The fourth-order valence-electron chi connectivity index (χ4n) is 2.75. The number of hydrogen-bond acceptors (Lipinski definition) is 7. The zero-order chi connectivity index (χ0) is 17.5. The molecule has 2 saturated heterocycles. The van der Waals surface area contributed by atoms with Gasteiger partial charge in [0.25, 0.3) is 5.97 Å². The lowest BCUT2D eigenvalue weighted by Gasteiger charge is -2.21. The second kappa shape index (κ2) is 9.03. The Morgan fingerprint density at radius 2 is 2.04 bits per heavy atom. The summed E-state index contributed by atoms with van der Waals surface area (Å²) in [5.41, 5.74) is 0. The largest absolute Gasteiger partial charge is 0.481 e. The lowest BCUT2D eigenvalue weighted by Crippen LogP contribution is -2.27. The number of carboxylic acids is 1. The van der Waals surface area contributed by atoms with Crippen LogP contribution in [-0.2, 0) is 21.4 Å². The van der Waals surface area contributed by atoms with Crippen LogP contribution in [0.15, 0.2) is 5.16 Å². The Hall–Kier alpha value is -1.61. The minimum absolute atomic E-state index is 0.0338. The molecule has 3 rings (SSSR count). The first kappa shape index (κ1) is 18.7. The van der Waals surface area contributed by atoms with Gasteiger partial charge in [0.2, 0.25) is 0 Å². The van der Waals surface area contributed by atoms with Gasteiger partial charge >= 0.3 is 5.97 Å². The van der Waals surface area contributed by atoms with Crippen LogP contribution in [0.1, 0.15) is 44.3 Å². The summed E-state index contributed by atoms with van der Waals surface area (Å²) < 4.78 is 7.32. The molecule has 2 aliphatic rings. The van der Waals surface area contributed by atoms with Crippen LogP contribution in [0.3, 0.4) is 0 Å². The Balaban J connectivity index is 0.000000471. The highest BCUT2D eigenvalue weighted by molar-refractivity contribution is 7.99. The first-order valence-electron chi connectivity index (χ1n) is 8.09. The van der Waals surface area contributed by atoms with Crippen molar-refractivity contribution in [2.75, 3.05) is 18.8 Å². The SMILES string of the molecule is CC(=O)O.Cn1c(SCC2CCC(=O)O2)nnc1C1CCNCC1. The summed E-state index contributed by atoms with van der Waals surface area (Å²) in [6, 6.07) is 0. The van der Waals surface area contributed by atoms with Gasteiger partial charge in [-0.25, -0.2) is 0 Å². The number of hydrogen-bond donors (Lipinski definition) is 2. The van der Waals surface area contributed by atoms with Crippen LogP contribution in [0.2, 0.25) is 0 Å². The number of aromatic nitrogens is 3. The van der Waals surface area contributed by atoms with Gasteiger partial charge in [0.1, 0.15) is 11.9 Å². The van der Waals surface area contributed by atoms with Crippen LogP contribution in [0.4, 0.5) is 0 Å². The molecule has 134 valence electrons. The number of cyclic esters (lactones) is 1. The van der Waals surface area contributed by atoms with Crippen LogP contribution >= 0.6 is 11.8 Å². The summed E-state index contributed by atoms with van der Waals surface area (Å²) in [5, 5.41) is 20.3. The standard InChI is InChI=1S/C13H20N4O2S.C2H4O2/c1-17-12(9-4-6-14-7-5-9)15-16-13(17)20-8-10-2-3-11(18)19-10;1-2(3)4/h9-10,14H,2-8H2,1H3;1H3,(H,3,4). The summed E-state index contributed by atoms with van der Waals surface area (Å²) in [7, 11) is 2.03. The number of nitrogens with one attached hydrogen (secondary N) is 1. The zero-order valence-corrected chi connectivity index (χ0v) is 14.8. The molecule has 0 radical (unpaired) electrons. The number of aliphatic carboxylic acids is 1. The van der Waals surface area contributed by atoms with Crippen molar-refractivity contribution in [2.24, 2.45) is 7.05 Å². The van der Waals surface area contributed by atoms with Crippen molar-refractivity contribution < 1.29 is 19.4 Å². The molecule has 1 aromatic rings. The molecule has 0 aromatic carbocycles. The molecule has 0 amide bonds. The first-order chi connectivity index (χ1) is 11.5. The van der Waals surface area contributed by atoms with Gasteiger partial charge in [-0.1, -0.05) is 11.8 Å². The van der Waals surface area contributed by atoms with Gasteiger partial charge in [-0.2, -0.15) is 0 Å². The third-order valence-electron chi connectivity index (χ3n) is 3.94. The predicted molar refractivity (Wildman–Crippen MR) is 89.0 cm³/mol. The van der Waals surface area contributed by atoms with Crippen LogP contribution in [0.5, 0.6) is 0 Å². The summed E-state index contributed by atoms with van der Waals surface area (Å²) in [6.45, 7) is 3.19. The third kappa shape index (κ3) is 5.48. The van der Waals surface area contributed by atoms with E-state index in [1.165, 1.54) is 0 Å². The van der Waals surface area contributed by atoms with Crippen LogP contribution in [-0.4, -0.2) is 56.8 Å². The zero-order valence-electron chi connectivity index (χ0n) is 14.0. The molecule has 2 N–H and O–H groups in total. The normalized spacial score (nSPS) is 21.1. The van der Waals surface area contributed by atoms with Crippen LogP contribution in [0.25, 0.3) is 0 Å². The monoisotopic (exact) mass is 356 g/mol. The molecule has 0 aliphatic carbocycles. The lowest BCUT2D eigenvalue weighted by molar-refractivity contribution is -0.140. The van der Waals surface area contributed by atoms with E-state index in [1.54, 1.807) is 11.8 Å². The van der Waals surface area contributed by atoms with Crippen molar-refractivity contribution >= 4 is 23.7 Å². The Bertz CT molecular complexity index is 568. The molecule has 9 heteroatoms. The Morgan fingerprint density at radius 3 is 2.62 bits per heavy atom. The molecule has 24 heavy (non-hydrogen) atoms. The highest BCUT2D eigenvalue weighted by atomic mass is 32.2. The molecular weight excluding hydrogens is 332 g/mol. The fourth-order valence-corrected chi connectivity index (χ4v) is 3.71. The van der Waals surface area contributed by atoms with Crippen molar-refractivity contribution in [1.82, 2.24) is 20.1 Å². The van der Waals surface area contributed by atoms with Crippen molar-refractivity contribution in [3.63, 3.8) is 0 Å². The van der Waals surface area contributed by atoms with E-state index < -0.39 is 5.97 Å². The Kier molecular flexibility index (Phi) is 7.04. The summed E-state index contributed by atoms with van der Waals surface area (Å²) in [6.07, 6.45) is 3.65. The highest BCUT2D eigenvalue weighted by Crippen LogP contribution is 2.28. The summed E-state index contributed by atoms with van der Waals surface area (Å²) in [4.78, 5) is 20.1. The minimum atomic E-state index is -0.833. The number of esters is 1. The topological polar surface area (TPSA) is 106 Å². The second-order valence-corrected chi connectivity index (χ2v) is 6.89. The van der Waals surface area contributed by atoms with E-state index in [4.69, 9.17) is 14.6 Å². The van der Waals surface area contributed by atoms with Gasteiger partial charge in [-0.05, 0) is 32.4 Å². The Labute approximate surface area is 145 Å². The molecule has 8 nitrogen and oxygen atoms in total. The van der Waals surface area contributed by atoms with E-state index >= 15 is 0 Å². The van der Waals surface area contributed by atoms with Gasteiger partial charge in [-0.3, -0.25) is 9.59 Å². The van der Waals surface area contributed by atoms with Gasteiger partial charge in [-0.15, -0.1) is 10.2 Å². The molecule has 0 bridgehead atoms. The molecular formula is C15H24N4O4S. The van der Waals surface area contributed by atoms with E-state index in [-0.39, 0.29) is 12.1 Å². The van der Waals surface area contributed by atoms with Crippen molar-refractivity contribution in [3.8, 4) is 0 Å². The van der Waals surface area contributed by atoms with E-state index in [0.717, 1.165) is 56.0 Å². The van der Waals surface area contributed by atoms with E-state index in [0.29, 0.717) is 12.3 Å². The number of thioether (sulfide) groups is 1. The van der Waals surface area contributed by atoms with Gasteiger partial charge in [0.15, 0.2) is 5.16 Å². The molecule has 1 atom stereocenters. The molecule has 3 heterocycles. The number of carbonyl (C=O) groups is 2. The third-order valence-corrected chi connectivity index (χ3v) is 5.09. The molecule has 2 aliphatic heterocycles. The predicted octanol–water partition coefficient (Wildman–Crippen LogP) is 1.17.